The molecule has 1 aliphatic carbocycles. The van der Waals surface area contributed by atoms with Crippen LogP contribution in [0.3, 0.4) is 0 Å². The average Bonchev–Trinajstić information content (AvgIpc) is 2.51. The molecule has 0 aliphatic heterocycles. The van der Waals surface area contributed by atoms with E-state index in [9.17, 15) is 0 Å². The molecule has 2 N–H and O–H groups in total. The number of nitrogens with zero attached hydrogens (tertiary/aromatic N) is 2. The predicted octanol–water partition coefficient (Wildman–Crippen LogP) is 3.08. The average molecular weight is 235 g/mol. The maximum absolute atomic E-state index is 6.05. The molecule has 0 atom stereocenters. The molecule has 2 rings (SSSR count). The topological polar surface area (TPSA) is 43.8 Å². The summed E-state index contributed by atoms with van der Waals surface area (Å²) < 4.78 is 1.84. The summed E-state index contributed by atoms with van der Waals surface area (Å²) in [5, 5.41) is 4.60. The molecule has 0 saturated heterocycles. The van der Waals surface area contributed by atoms with Gasteiger partial charge >= 0.3 is 0 Å². The van der Waals surface area contributed by atoms with Crippen LogP contribution in [0.5, 0.6) is 0 Å². The van der Waals surface area contributed by atoms with Crippen LogP contribution in [0.1, 0.15) is 56.7 Å². The van der Waals surface area contributed by atoms with E-state index in [1.807, 2.05) is 11.7 Å². The van der Waals surface area contributed by atoms with E-state index in [1.165, 1.54) is 49.8 Å². The largest absolute Gasteiger partial charge is 0.384 e. The van der Waals surface area contributed by atoms with E-state index in [1.54, 1.807) is 0 Å². The van der Waals surface area contributed by atoms with Crippen LogP contribution in [0.4, 0.5) is 5.82 Å². The molecule has 0 amide bonds. The number of rotatable bonds is 3. The number of nitrogen functional groups attached to an aromatic ring is 1. The Labute approximate surface area is 104 Å². The molecule has 1 fully saturated rings. The van der Waals surface area contributed by atoms with Crippen molar-refractivity contribution in [3.63, 3.8) is 0 Å². The van der Waals surface area contributed by atoms with Gasteiger partial charge in [0.15, 0.2) is 0 Å². The summed E-state index contributed by atoms with van der Waals surface area (Å²) in [5.41, 5.74) is 8.57. The molecule has 17 heavy (non-hydrogen) atoms. The Bertz CT molecular complexity index is 360. The highest BCUT2D eigenvalue weighted by molar-refractivity contribution is 5.43. The van der Waals surface area contributed by atoms with Gasteiger partial charge in [0.05, 0.1) is 5.69 Å². The number of aromatic nitrogens is 2. The van der Waals surface area contributed by atoms with Gasteiger partial charge in [-0.25, -0.2) is 0 Å². The molecular formula is C14H25N3. The van der Waals surface area contributed by atoms with E-state index in [-0.39, 0.29) is 0 Å². The summed E-state index contributed by atoms with van der Waals surface area (Å²) >= 11 is 0. The van der Waals surface area contributed by atoms with Crippen LogP contribution < -0.4 is 5.73 Å². The highest BCUT2D eigenvalue weighted by Gasteiger charge is 2.18. The van der Waals surface area contributed by atoms with Crippen molar-refractivity contribution >= 4 is 5.82 Å². The third kappa shape index (κ3) is 2.82. The molecule has 96 valence electrons. The maximum Gasteiger partial charge on any atom is 0.124 e. The van der Waals surface area contributed by atoms with Crippen LogP contribution in [0.15, 0.2) is 0 Å². The number of hydrogen-bond acceptors (Lipinski definition) is 2. The SMILES string of the molecule is CCc1c(CC2CCCCCC2)nn(C)c1N. The smallest absolute Gasteiger partial charge is 0.124 e. The molecule has 1 saturated carbocycles. The molecule has 1 heterocycles. The van der Waals surface area contributed by atoms with Crippen molar-refractivity contribution in [3.05, 3.63) is 11.3 Å². The minimum absolute atomic E-state index is 0.831. The summed E-state index contributed by atoms with van der Waals surface area (Å²) in [4.78, 5) is 0. The van der Waals surface area contributed by atoms with E-state index in [0.29, 0.717) is 0 Å². The third-order valence-electron chi connectivity index (χ3n) is 4.09. The van der Waals surface area contributed by atoms with Crippen LogP contribution in [0.2, 0.25) is 0 Å². The quantitative estimate of drug-likeness (QED) is 0.818. The first-order valence-electron chi connectivity index (χ1n) is 7.02. The van der Waals surface area contributed by atoms with Crippen molar-refractivity contribution in [2.45, 2.75) is 58.3 Å². The maximum atomic E-state index is 6.05. The van der Waals surface area contributed by atoms with E-state index >= 15 is 0 Å². The monoisotopic (exact) mass is 235 g/mol. The second-order valence-electron chi connectivity index (χ2n) is 5.35. The van der Waals surface area contributed by atoms with Gasteiger partial charge in [0, 0.05) is 12.6 Å². The van der Waals surface area contributed by atoms with Crippen molar-refractivity contribution < 1.29 is 0 Å². The Morgan fingerprint density at radius 3 is 2.47 bits per heavy atom. The lowest BCUT2D eigenvalue weighted by Crippen LogP contribution is -2.06. The van der Waals surface area contributed by atoms with Gasteiger partial charge in [-0.05, 0) is 18.8 Å². The third-order valence-corrected chi connectivity index (χ3v) is 4.09. The van der Waals surface area contributed by atoms with Crippen molar-refractivity contribution in [2.24, 2.45) is 13.0 Å². The summed E-state index contributed by atoms with van der Waals surface area (Å²) in [6.07, 6.45) is 10.5. The summed E-state index contributed by atoms with van der Waals surface area (Å²) in [5.74, 6) is 1.69. The van der Waals surface area contributed by atoms with Crippen LogP contribution in [-0.4, -0.2) is 9.78 Å². The van der Waals surface area contributed by atoms with Crippen LogP contribution >= 0.6 is 0 Å². The zero-order chi connectivity index (χ0) is 12.3. The summed E-state index contributed by atoms with van der Waals surface area (Å²) in [6, 6.07) is 0. The molecular weight excluding hydrogens is 210 g/mol. The fraction of sp³-hybridized carbons (Fsp3) is 0.786. The summed E-state index contributed by atoms with van der Waals surface area (Å²) in [6.45, 7) is 2.17. The lowest BCUT2D eigenvalue weighted by atomic mass is 9.93. The first-order chi connectivity index (χ1) is 8.22. The predicted molar refractivity (Wildman–Crippen MR) is 71.9 cm³/mol. The Morgan fingerprint density at radius 1 is 1.24 bits per heavy atom. The van der Waals surface area contributed by atoms with E-state index < -0.39 is 0 Å². The molecule has 1 aromatic heterocycles. The van der Waals surface area contributed by atoms with Gasteiger partial charge in [0.1, 0.15) is 5.82 Å². The zero-order valence-corrected chi connectivity index (χ0v) is 11.2. The van der Waals surface area contributed by atoms with Gasteiger partial charge in [-0.1, -0.05) is 45.4 Å². The minimum atomic E-state index is 0.831. The number of anilines is 1. The zero-order valence-electron chi connectivity index (χ0n) is 11.2. The van der Waals surface area contributed by atoms with Crippen LogP contribution in [-0.2, 0) is 19.9 Å². The Hall–Kier alpha value is -0.990. The standard InChI is InChI=1S/C14H25N3/c1-3-12-13(16-17(2)14(12)15)10-11-8-6-4-5-7-9-11/h11H,3-10,15H2,1-2H3. The van der Waals surface area contributed by atoms with Crippen molar-refractivity contribution in [1.29, 1.82) is 0 Å². The molecule has 0 aromatic carbocycles. The molecule has 0 radical (unpaired) electrons. The number of aryl methyl sites for hydroxylation is 1. The lowest BCUT2D eigenvalue weighted by Gasteiger charge is -2.12. The minimum Gasteiger partial charge on any atom is -0.384 e. The molecule has 0 bridgehead atoms. The fourth-order valence-electron chi connectivity index (χ4n) is 3.03. The molecule has 3 heteroatoms. The second kappa shape index (κ2) is 5.56. The second-order valence-corrected chi connectivity index (χ2v) is 5.35. The molecule has 0 unspecified atom stereocenters. The molecule has 1 aliphatic rings. The Kier molecular flexibility index (Phi) is 4.08. The lowest BCUT2D eigenvalue weighted by molar-refractivity contribution is 0.450. The summed E-state index contributed by atoms with van der Waals surface area (Å²) in [7, 11) is 1.95. The molecule has 0 spiro atoms. The fourth-order valence-corrected chi connectivity index (χ4v) is 3.03. The van der Waals surface area contributed by atoms with E-state index in [2.05, 4.69) is 12.0 Å². The first-order valence-corrected chi connectivity index (χ1v) is 7.02. The Balaban J connectivity index is 2.09. The first kappa shape index (κ1) is 12.5. The van der Waals surface area contributed by atoms with Crippen molar-refractivity contribution in [2.75, 3.05) is 5.73 Å². The number of nitrogens with two attached hydrogens (primary N) is 1. The van der Waals surface area contributed by atoms with Crippen molar-refractivity contribution in [3.8, 4) is 0 Å². The normalized spacial score (nSPS) is 18.2. The molecule has 3 nitrogen and oxygen atoms in total. The van der Waals surface area contributed by atoms with Gasteiger partial charge < -0.3 is 5.73 Å². The molecule has 1 aromatic rings. The van der Waals surface area contributed by atoms with Crippen molar-refractivity contribution in [1.82, 2.24) is 9.78 Å². The Morgan fingerprint density at radius 2 is 1.88 bits per heavy atom. The van der Waals surface area contributed by atoms with Gasteiger partial charge in [-0.15, -0.1) is 0 Å². The van der Waals surface area contributed by atoms with Crippen LogP contribution in [0.25, 0.3) is 0 Å². The van der Waals surface area contributed by atoms with Crippen LogP contribution in [0, 0.1) is 5.92 Å². The number of hydrogen-bond donors (Lipinski definition) is 1. The van der Waals surface area contributed by atoms with E-state index in [4.69, 9.17) is 5.73 Å². The van der Waals surface area contributed by atoms with Gasteiger partial charge in [0.25, 0.3) is 0 Å². The van der Waals surface area contributed by atoms with Gasteiger partial charge in [-0.3, -0.25) is 4.68 Å². The van der Waals surface area contributed by atoms with E-state index in [0.717, 1.165) is 24.6 Å². The highest BCUT2D eigenvalue weighted by Crippen LogP contribution is 2.28. The highest BCUT2D eigenvalue weighted by atomic mass is 15.3. The van der Waals surface area contributed by atoms with Gasteiger partial charge in [0.2, 0.25) is 0 Å². The van der Waals surface area contributed by atoms with Gasteiger partial charge in [-0.2, -0.15) is 5.10 Å².